The van der Waals surface area contributed by atoms with Crippen molar-refractivity contribution in [1.82, 2.24) is 20.2 Å². The van der Waals surface area contributed by atoms with Crippen LogP contribution in [0.15, 0.2) is 24.3 Å². The summed E-state index contributed by atoms with van der Waals surface area (Å²) in [5, 5.41) is 20.5. The highest BCUT2D eigenvalue weighted by molar-refractivity contribution is 6.30. The second-order valence-corrected chi connectivity index (χ2v) is 4.21. The van der Waals surface area contributed by atoms with E-state index in [2.05, 4.69) is 15.5 Å². The molecule has 0 radical (unpaired) electrons. The summed E-state index contributed by atoms with van der Waals surface area (Å²) in [7, 11) is 0. The van der Waals surface area contributed by atoms with Gasteiger partial charge in [0.15, 0.2) is 5.82 Å². The van der Waals surface area contributed by atoms with Crippen LogP contribution in [0.2, 0.25) is 5.02 Å². The maximum absolute atomic E-state index is 10.5. The van der Waals surface area contributed by atoms with Crippen LogP contribution in [0, 0.1) is 0 Å². The van der Waals surface area contributed by atoms with Crippen LogP contribution in [0.4, 0.5) is 0 Å². The molecule has 2 aromatic rings. The molecule has 0 fully saturated rings. The summed E-state index contributed by atoms with van der Waals surface area (Å²) in [5.41, 5.74) is 0.964. The van der Waals surface area contributed by atoms with Gasteiger partial charge in [-0.05, 0) is 28.1 Å². The zero-order chi connectivity index (χ0) is 13.0. The van der Waals surface area contributed by atoms with Crippen molar-refractivity contribution in [2.75, 3.05) is 0 Å². The molecule has 94 valence electrons. The van der Waals surface area contributed by atoms with Gasteiger partial charge in [-0.2, -0.15) is 0 Å². The van der Waals surface area contributed by atoms with Crippen molar-refractivity contribution in [3.8, 4) is 0 Å². The van der Waals surface area contributed by atoms with Gasteiger partial charge in [0.2, 0.25) is 0 Å². The first-order valence-corrected chi connectivity index (χ1v) is 5.74. The van der Waals surface area contributed by atoms with E-state index in [1.54, 1.807) is 10.7 Å². The molecule has 0 aliphatic carbocycles. The fraction of sp³-hybridized carbons (Fsp3) is 0.273. The van der Waals surface area contributed by atoms with Gasteiger partial charge in [0.05, 0.1) is 13.0 Å². The molecule has 2 rings (SSSR count). The highest BCUT2D eigenvalue weighted by atomic mass is 35.5. The molecule has 0 aliphatic heterocycles. The molecule has 1 aromatic carbocycles. The predicted molar refractivity (Wildman–Crippen MR) is 64.3 cm³/mol. The van der Waals surface area contributed by atoms with Crippen LogP contribution in [-0.2, 0) is 17.8 Å². The van der Waals surface area contributed by atoms with Gasteiger partial charge in [-0.25, -0.2) is 4.68 Å². The lowest BCUT2D eigenvalue weighted by molar-refractivity contribution is -0.137. The molecule has 1 heterocycles. The number of carboxylic acid groups (broad SMARTS) is 1. The third-order valence-corrected chi connectivity index (χ3v) is 2.63. The van der Waals surface area contributed by atoms with Crippen LogP contribution in [-0.4, -0.2) is 31.3 Å². The van der Waals surface area contributed by atoms with Gasteiger partial charge in [0.1, 0.15) is 0 Å². The van der Waals surface area contributed by atoms with Gasteiger partial charge in [-0.1, -0.05) is 23.7 Å². The highest BCUT2D eigenvalue weighted by Crippen LogP contribution is 2.12. The first kappa shape index (κ1) is 12.5. The van der Waals surface area contributed by atoms with Crippen LogP contribution in [0.1, 0.15) is 17.8 Å². The fourth-order valence-corrected chi connectivity index (χ4v) is 1.76. The van der Waals surface area contributed by atoms with Crippen LogP contribution in [0.3, 0.4) is 0 Å². The molecule has 6 nitrogen and oxygen atoms in total. The topological polar surface area (TPSA) is 80.9 Å². The van der Waals surface area contributed by atoms with E-state index in [0.717, 1.165) is 5.56 Å². The fourth-order valence-electron chi connectivity index (χ4n) is 1.55. The van der Waals surface area contributed by atoms with E-state index in [4.69, 9.17) is 16.7 Å². The Morgan fingerprint density at radius 2 is 2.28 bits per heavy atom. The highest BCUT2D eigenvalue weighted by Gasteiger charge is 2.08. The zero-order valence-electron chi connectivity index (χ0n) is 9.45. The number of nitrogens with zero attached hydrogens (tertiary/aromatic N) is 4. The predicted octanol–water partition coefficient (Wildman–Crippen LogP) is 1.39. The molecule has 7 heteroatoms. The Morgan fingerprint density at radius 1 is 1.44 bits per heavy atom. The Balaban J connectivity index is 2.10. The Hall–Kier alpha value is -1.95. The number of aliphatic carboxylic acids is 1. The van der Waals surface area contributed by atoms with Crippen LogP contribution < -0.4 is 0 Å². The molecule has 0 aliphatic rings. The van der Waals surface area contributed by atoms with Gasteiger partial charge >= 0.3 is 5.97 Å². The Bertz CT molecular complexity index is 555. The quantitative estimate of drug-likeness (QED) is 0.884. The smallest absolute Gasteiger partial charge is 0.303 e. The normalized spacial score (nSPS) is 10.5. The van der Waals surface area contributed by atoms with Gasteiger partial charge in [-0.3, -0.25) is 4.79 Å². The first-order valence-electron chi connectivity index (χ1n) is 5.36. The molecular weight excluding hydrogens is 256 g/mol. The van der Waals surface area contributed by atoms with Gasteiger partial charge in [0.25, 0.3) is 0 Å². The molecule has 1 aromatic heterocycles. The number of rotatable bonds is 5. The largest absolute Gasteiger partial charge is 0.481 e. The Morgan fingerprint density at radius 3 is 3.00 bits per heavy atom. The van der Waals surface area contributed by atoms with Crippen molar-refractivity contribution in [2.24, 2.45) is 0 Å². The SMILES string of the molecule is O=C(O)CCc1nnnn1Cc1cccc(Cl)c1. The number of hydrogen-bond acceptors (Lipinski definition) is 4. The van der Waals surface area contributed by atoms with Crippen LogP contribution in [0.5, 0.6) is 0 Å². The molecule has 0 saturated heterocycles. The minimum atomic E-state index is -0.868. The standard InChI is InChI=1S/C11H11ClN4O2/c12-9-3-1-2-8(6-9)7-16-10(13-14-15-16)4-5-11(17)18/h1-3,6H,4-5,7H2,(H,17,18). The van der Waals surface area contributed by atoms with Crippen molar-refractivity contribution in [1.29, 1.82) is 0 Å². The monoisotopic (exact) mass is 266 g/mol. The second kappa shape index (κ2) is 5.59. The Labute approximate surface area is 108 Å². The van der Waals surface area contributed by atoms with E-state index in [1.165, 1.54) is 0 Å². The first-order chi connectivity index (χ1) is 8.65. The number of carboxylic acids is 1. The molecule has 18 heavy (non-hydrogen) atoms. The lowest BCUT2D eigenvalue weighted by atomic mass is 10.2. The van der Waals surface area contributed by atoms with E-state index in [0.29, 0.717) is 23.8 Å². The molecule has 0 atom stereocenters. The molecule has 0 amide bonds. The molecule has 0 unspecified atom stereocenters. The van der Waals surface area contributed by atoms with E-state index >= 15 is 0 Å². The van der Waals surface area contributed by atoms with Crippen LogP contribution in [0.25, 0.3) is 0 Å². The lowest BCUT2D eigenvalue weighted by Crippen LogP contribution is -2.09. The minimum Gasteiger partial charge on any atom is -0.481 e. The lowest BCUT2D eigenvalue weighted by Gasteiger charge is -2.04. The number of aryl methyl sites for hydroxylation is 1. The number of carbonyl (C=O) groups is 1. The third-order valence-electron chi connectivity index (χ3n) is 2.39. The number of tetrazole rings is 1. The van der Waals surface area contributed by atoms with Gasteiger partial charge in [-0.15, -0.1) is 5.10 Å². The van der Waals surface area contributed by atoms with Gasteiger partial charge < -0.3 is 5.11 Å². The number of aromatic nitrogens is 4. The number of hydrogen-bond donors (Lipinski definition) is 1. The summed E-state index contributed by atoms with van der Waals surface area (Å²) < 4.78 is 1.58. The van der Waals surface area contributed by atoms with Crippen molar-refractivity contribution >= 4 is 17.6 Å². The second-order valence-electron chi connectivity index (χ2n) is 3.78. The van der Waals surface area contributed by atoms with Crippen molar-refractivity contribution < 1.29 is 9.90 Å². The minimum absolute atomic E-state index is 0.00984. The summed E-state index contributed by atoms with van der Waals surface area (Å²) in [4.78, 5) is 10.5. The van der Waals surface area contributed by atoms with Gasteiger partial charge in [0, 0.05) is 11.4 Å². The average Bonchev–Trinajstić information content (AvgIpc) is 2.74. The summed E-state index contributed by atoms with van der Waals surface area (Å²) >= 11 is 5.89. The summed E-state index contributed by atoms with van der Waals surface area (Å²) in [6.45, 7) is 0.475. The number of halogens is 1. The van der Waals surface area contributed by atoms with Crippen molar-refractivity contribution in [3.05, 3.63) is 40.7 Å². The number of benzene rings is 1. The molecule has 0 bridgehead atoms. The molecule has 1 N–H and O–H groups in total. The summed E-state index contributed by atoms with van der Waals surface area (Å²) in [6, 6.07) is 7.37. The maximum atomic E-state index is 10.5. The summed E-state index contributed by atoms with van der Waals surface area (Å²) in [6.07, 6.45) is 0.318. The van der Waals surface area contributed by atoms with Crippen molar-refractivity contribution in [3.63, 3.8) is 0 Å². The summed E-state index contributed by atoms with van der Waals surface area (Å²) in [5.74, 6) is -0.315. The average molecular weight is 267 g/mol. The molecule has 0 spiro atoms. The van der Waals surface area contributed by atoms with Crippen LogP contribution >= 0.6 is 11.6 Å². The van der Waals surface area contributed by atoms with E-state index in [-0.39, 0.29) is 6.42 Å². The molecule has 0 saturated carbocycles. The third kappa shape index (κ3) is 3.27. The molecular formula is C11H11ClN4O2. The van der Waals surface area contributed by atoms with E-state index in [1.807, 2.05) is 18.2 Å². The zero-order valence-corrected chi connectivity index (χ0v) is 10.2. The van der Waals surface area contributed by atoms with Crippen molar-refractivity contribution in [2.45, 2.75) is 19.4 Å². The Kier molecular flexibility index (Phi) is 3.88. The maximum Gasteiger partial charge on any atom is 0.303 e. The van der Waals surface area contributed by atoms with E-state index in [9.17, 15) is 4.79 Å². The van der Waals surface area contributed by atoms with E-state index < -0.39 is 5.97 Å².